The molecule has 69 heavy (non-hydrogen) atoms. The van der Waals surface area contributed by atoms with E-state index in [1.807, 2.05) is 78.1 Å². The van der Waals surface area contributed by atoms with Crippen LogP contribution in [0.1, 0.15) is 82.6 Å². The number of pyridine rings is 3. The number of halogens is 3. The lowest BCUT2D eigenvalue weighted by Gasteiger charge is -2.42. The predicted octanol–water partition coefficient (Wildman–Crippen LogP) is 11.1. The maximum absolute atomic E-state index is 6.72. The second-order valence-electron chi connectivity index (χ2n) is 17.4. The van der Waals surface area contributed by atoms with Gasteiger partial charge in [-0.2, -0.15) is 0 Å². The number of aromatic nitrogens is 9. The van der Waals surface area contributed by atoms with E-state index in [0.29, 0.717) is 20.9 Å². The van der Waals surface area contributed by atoms with Gasteiger partial charge in [0.05, 0.1) is 24.9 Å². The van der Waals surface area contributed by atoms with Gasteiger partial charge in [0.1, 0.15) is 5.82 Å². The number of nitrogens with zero attached hydrogens (tertiary/aromatic N) is 11. The Morgan fingerprint density at radius 3 is 1.48 bits per heavy atom. The van der Waals surface area contributed by atoms with Crippen LogP contribution in [0.2, 0.25) is 15.1 Å². The fourth-order valence-corrected chi connectivity index (χ4v) is 12.8. The second kappa shape index (κ2) is 20.3. The number of fused-ring (bicyclic) bond motifs is 4. The number of benzene rings is 1. The lowest BCUT2D eigenvalue weighted by Crippen LogP contribution is -2.45. The molecule has 19 heteroatoms. The minimum atomic E-state index is 0. The zero-order valence-electron chi connectivity index (χ0n) is 35.6. The highest BCUT2D eigenvalue weighted by atomic mass is 35.5. The third-order valence-corrected chi connectivity index (χ3v) is 17.5. The topological polar surface area (TPSA) is 184 Å². The van der Waals surface area contributed by atoms with E-state index < -0.39 is 0 Å². The van der Waals surface area contributed by atoms with Gasteiger partial charge in [-0.25, -0.2) is 24.9 Å². The van der Waals surface area contributed by atoms with Crippen LogP contribution >= 0.6 is 58.3 Å². The smallest absolute Gasteiger partial charge is 0.211 e. The highest BCUT2D eigenvalue weighted by molar-refractivity contribution is 8.00. The fourth-order valence-electron chi connectivity index (χ4n) is 10.3. The highest BCUT2D eigenvalue weighted by Gasteiger charge is 2.48. The van der Waals surface area contributed by atoms with Crippen molar-refractivity contribution in [3.05, 3.63) is 142 Å². The SMILES string of the molecule is C.C.C.N[C@@H]1c2cccnc2CC12CCN(c1ncc(Sc3cccc(Cl)c3Cl)c3nccn13)CC2.Nc1nccc(Sc2cnc(N3CCC4(CC3)Cc3ncccc3[C@H]4N)n3ccnc23)c1Cl. The molecular weight excluding hydrogens is 967 g/mol. The molecule has 6 N–H and O–H groups in total. The quantitative estimate of drug-likeness (QED) is 0.143. The number of anilines is 3. The summed E-state index contributed by atoms with van der Waals surface area (Å²) in [7, 11) is 0. The standard InChI is InChI=1S/C24H22Cl2N6S.C23H23ClN8S.3CH4/c25-16-4-1-5-18(20(16)26)33-19-14-30-23(32-12-9-29-22(19)32)31-10-6-24(7-11-31)13-17-15(21(24)27)3-2-8-28-17;24-18-16(3-7-28-20(18)26)33-17-13-30-22(32-11-8-29-21(17)32)31-9-4-23(5-10-31)12-15-14(19(23)25)2-1-6-27-15;;;/h1-5,8-9,12,14,21H,6-7,10-11,13,27H2;1-3,6-8,11,13,19H,4-5,9-10,12,25H2,(H2,26,28);3*1H4/t21-;19-;;;/m11.../s1. The maximum Gasteiger partial charge on any atom is 0.211 e. The molecule has 2 fully saturated rings. The van der Waals surface area contributed by atoms with Crippen molar-refractivity contribution in [2.24, 2.45) is 22.3 Å². The van der Waals surface area contributed by atoms with Gasteiger partial charge in [-0.1, -0.05) is 98.8 Å². The summed E-state index contributed by atoms with van der Waals surface area (Å²) in [6, 6.07) is 15.8. The molecule has 0 amide bonds. The van der Waals surface area contributed by atoms with Crippen LogP contribution in [-0.2, 0) is 12.8 Å². The summed E-state index contributed by atoms with van der Waals surface area (Å²) in [5, 5.41) is 1.53. The van der Waals surface area contributed by atoms with E-state index in [1.165, 1.54) is 34.7 Å². The number of hydrogen-bond acceptors (Lipinski definition) is 14. The van der Waals surface area contributed by atoms with E-state index in [-0.39, 0.29) is 45.2 Å². The molecule has 14 nitrogen and oxygen atoms in total. The summed E-state index contributed by atoms with van der Waals surface area (Å²) < 4.78 is 4.10. The van der Waals surface area contributed by atoms with Gasteiger partial charge in [0, 0.05) is 115 Å². The van der Waals surface area contributed by atoms with Crippen LogP contribution in [0.3, 0.4) is 0 Å². The van der Waals surface area contributed by atoms with E-state index in [0.717, 1.165) is 119 Å². The second-order valence-corrected chi connectivity index (χ2v) is 20.8. The predicted molar refractivity (Wildman–Crippen MR) is 282 cm³/mol. The Morgan fingerprint density at radius 2 is 1.00 bits per heavy atom. The molecule has 0 unspecified atom stereocenters. The molecule has 2 spiro atoms. The lowest BCUT2D eigenvalue weighted by atomic mass is 9.73. The molecule has 2 atom stereocenters. The number of imidazole rings is 2. The summed E-state index contributed by atoms with van der Waals surface area (Å²) in [6.45, 7) is 3.57. The average molecular weight is 1020 g/mol. The van der Waals surface area contributed by atoms with Crippen LogP contribution in [0.25, 0.3) is 11.3 Å². The first-order chi connectivity index (χ1) is 32.1. The molecule has 0 radical (unpaired) electrons. The molecule has 2 saturated heterocycles. The molecule has 2 aliphatic heterocycles. The molecule has 1 aromatic carbocycles. The van der Waals surface area contributed by atoms with Crippen LogP contribution < -0.4 is 27.0 Å². The van der Waals surface area contributed by atoms with Gasteiger partial charge in [-0.15, -0.1) is 0 Å². The molecule has 8 aromatic rings. The summed E-state index contributed by atoms with van der Waals surface area (Å²) in [5.74, 6) is 2.11. The number of rotatable bonds is 6. The first-order valence-corrected chi connectivity index (χ1v) is 24.6. The fraction of sp³-hybridized carbons (Fsp3) is 0.340. The lowest BCUT2D eigenvalue weighted by molar-refractivity contribution is 0.186. The number of piperidine rings is 2. The van der Waals surface area contributed by atoms with Gasteiger partial charge in [0.2, 0.25) is 11.9 Å². The number of nitrogen functional groups attached to an aromatic ring is 1. The van der Waals surface area contributed by atoms with Gasteiger partial charge in [0.25, 0.3) is 0 Å². The van der Waals surface area contributed by atoms with Crippen molar-refractivity contribution >= 4 is 87.3 Å². The first kappa shape index (κ1) is 50.2. The number of hydrogen-bond donors (Lipinski definition) is 3. The van der Waals surface area contributed by atoms with E-state index in [2.05, 4.69) is 51.3 Å². The average Bonchev–Trinajstić information content (AvgIpc) is 4.14. The Labute approximate surface area is 426 Å². The van der Waals surface area contributed by atoms with Crippen molar-refractivity contribution in [2.45, 2.75) is 92.5 Å². The molecule has 0 saturated carbocycles. The van der Waals surface area contributed by atoms with Crippen molar-refractivity contribution in [1.29, 1.82) is 0 Å². The Kier molecular flexibility index (Phi) is 14.7. The third-order valence-electron chi connectivity index (χ3n) is 13.9. The third kappa shape index (κ3) is 8.98. The van der Waals surface area contributed by atoms with E-state index in [9.17, 15) is 0 Å². The number of nitrogens with two attached hydrogens (primary N) is 3. The summed E-state index contributed by atoms with van der Waals surface area (Å²) >= 11 is 22.0. The van der Waals surface area contributed by atoms with E-state index >= 15 is 0 Å². The normalized spacial score (nSPS) is 18.5. The Balaban J connectivity index is 0.000000178. The molecule has 2 aliphatic carbocycles. The van der Waals surface area contributed by atoms with Gasteiger partial charge < -0.3 is 27.0 Å². The van der Waals surface area contributed by atoms with Crippen molar-refractivity contribution < 1.29 is 0 Å². The molecule has 0 bridgehead atoms. The molecule has 7 aromatic heterocycles. The molecule has 360 valence electrons. The Hall–Kier alpha value is -5.20. The van der Waals surface area contributed by atoms with Crippen molar-refractivity contribution in [3.63, 3.8) is 0 Å². The van der Waals surface area contributed by atoms with Gasteiger partial charge in [0.15, 0.2) is 11.3 Å². The largest absolute Gasteiger partial charge is 0.382 e. The van der Waals surface area contributed by atoms with Gasteiger partial charge >= 0.3 is 0 Å². The van der Waals surface area contributed by atoms with Crippen molar-refractivity contribution in [2.75, 3.05) is 41.7 Å². The van der Waals surface area contributed by atoms with Crippen LogP contribution in [0.15, 0.2) is 124 Å². The molecule has 12 rings (SSSR count). The van der Waals surface area contributed by atoms with E-state index in [1.54, 1.807) is 18.5 Å². The monoisotopic (exact) mass is 1020 g/mol. The van der Waals surface area contributed by atoms with Crippen LogP contribution in [0, 0.1) is 10.8 Å². The molecular formula is C50H57Cl3N14S2. The maximum atomic E-state index is 6.72. The zero-order valence-corrected chi connectivity index (χ0v) is 39.5. The van der Waals surface area contributed by atoms with Crippen molar-refractivity contribution in [1.82, 2.24) is 43.7 Å². The molecule has 4 aliphatic rings. The van der Waals surface area contributed by atoms with Gasteiger partial charge in [-0.3, -0.25) is 18.8 Å². The highest BCUT2D eigenvalue weighted by Crippen LogP contribution is 2.52. The summed E-state index contributed by atoms with van der Waals surface area (Å²) in [5.41, 5.74) is 25.9. The van der Waals surface area contributed by atoms with Crippen LogP contribution in [0.5, 0.6) is 0 Å². The Bertz CT molecular complexity index is 2900. The minimum absolute atomic E-state index is 0. The van der Waals surface area contributed by atoms with Crippen LogP contribution in [-0.4, -0.2) is 69.9 Å². The van der Waals surface area contributed by atoms with Gasteiger partial charge in [-0.05, 0) is 90.8 Å². The first-order valence-electron chi connectivity index (χ1n) is 21.8. The minimum Gasteiger partial charge on any atom is -0.382 e. The van der Waals surface area contributed by atoms with Crippen LogP contribution in [0.4, 0.5) is 17.7 Å². The molecule has 9 heterocycles. The van der Waals surface area contributed by atoms with Crippen molar-refractivity contribution in [3.8, 4) is 0 Å². The zero-order chi connectivity index (χ0) is 45.2. The summed E-state index contributed by atoms with van der Waals surface area (Å²) in [6.07, 6.45) is 22.6. The summed E-state index contributed by atoms with van der Waals surface area (Å²) in [4.78, 5) is 40.3. The Morgan fingerprint density at radius 1 is 0.522 bits per heavy atom. The van der Waals surface area contributed by atoms with E-state index in [4.69, 9.17) is 62.0 Å².